The van der Waals surface area contributed by atoms with Crippen molar-refractivity contribution >= 4 is 0 Å². The fourth-order valence-corrected chi connectivity index (χ4v) is 3.19. The smallest absolute Gasteiger partial charge is 0.122 e. The standard InChI is InChI=1S/C15H27N3O2/c1-10-5-6-14(20-10)15(11(2)16)18-9-13(19)7-12(18)8-17(3)4/h5-6,11-13,15,19H,7-9,16H2,1-4H3. The molecular weight excluding hydrogens is 254 g/mol. The number of hydrogen-bond acceptors (Lipinski definition) is 5. The largest absolute Gasteiger partial charge is 0.465 e. The molecule has 0 spiro atoms. The molecule has 1 aromatic heterocycles. The van der Waals surface area contributed by atoms with E-state index in [1.54, 1.807) is 0 Å². The highest BCUT2D eigenvalue weighted by Gasteiger charge is 2.39. The monoisotopic (exact) mass is 281 g/mol. The van der Waals surface area contributed by atoms with E-state index in [4.69, 9.17) is 10.2 Å². The van der Waals surface area contributed by atoms with Crippen LogP contribution >= 0.6 is 0 Å². The van der Waals surface area contributed by atoms with Crippen LogP contribution in [-0.4, -0.2) is 60.3 Å². The maximum absolute atomic E-state index is 10.0. The van der Waals surface area contributed by atoms with Crippen LogP contribution < -0.4 is 5.73 Å². The highest BCUT2D eigenvalue weighted by Crippen LogP contribution is 2.32. The first-order valence-corrected chi connectivity index (χ1v) is 7.29. The van der Waals surface area contributed by atoms with Crippen molar-refractivity contribution in [1.29, 1.82) is 0 Å². The molecule has 1 aliphatic rings. The summed E-state index contributed by atoms with van der Waals surface area (Å²) in [5.41, 5.74) is 6.20. The van der Waals surface area contributed by atoms with Crippen molar-refractivity contribution < 1.29 is 9.52 Å². The molecule has 0 saturated carbocycles. The Bertz CT molecular complexity index is 431. The van der Waals surface area contributed by atoms with Crippen molar-refractivity contribution in [2.75, 3.05) is 27.2 Å². The Morgan fingerprint density at radius 3 is 2.70 bits per heavy atom. The zero-order valence-corrected chi connectivity index (χ0v) is 12.9. The number of hydrogen-bond donors (Lipinski definition) is 2. The Morgan fingerprint density at radius 2 is 2.20 bits per heavy atom. The average molecular weight is 281 g/mol. The Balaban J connectivity index is 2.23. The van der Waals surface area contributed by atoms with Gasteiger partial charge in [0.25, 0.3) is 0 Å². The van der Waals surface area contributed by atoms with E-state index >= 15 is 0 Å². The summed E-state index contributed by atoms with van der Waals surface area (Å²) in [6, 6.07) is 4.25. The number of aryl methyl sites for hydroxylation is 1. The zero-order valence-electron chi connectivity index (χ0n) is 12.9. The van der Waals surface area contributed by atoms with Crippen LogP contribution in [0.5, 0.6) is 0 Å². The van der Waals surface area contributed by atoms with E-state index in [0.29, 0.717) is 12.6 Å². The third kappa shape index (κ3) is 3.41. The third-order valence-corrected chi connectivity index (χ3v) is 3.92. The summed E-state index contributed by atoms with van der Waals surface area (Å²) in [5, 5.41) is 10.0. The molecule has 4 unspecified atom stereocenters. The second-order valence-electron chi connectivity index (χ2n) is 6.25. The molecule has 114 valence electrons. The zero-order chi connectivity index (χ0) is 14.9. The van der Waals surface area contributed by atoms with Gasteiger partial charge in [-0.15, -0.1) is 0 Å². The fourth-order valence-electron chi connectivity index (χ4n) is 3.19. The van der Waals surface area contributed by atoms with E-state index in [9.17, 15) is 5.11 Å². The number of aliphatic hydroxyl groups is 1. The normalized spacial score (nSPS) is 27.1. The topological polar surface area (TPSA) is 65.9 Å². The van der Waals surface area contributed by atoms with Gasteiger partial charge < -0.3 is 20.2 Å². The predicted molar refractivity (Wildman–Crippen MR) is 79.5 cm³/mol. The molecule has 0 amide bonds. The van der Waals surface area contributed by atoms with Crippen LogP contribution in [0.4, 0.5) is 0 Å². The van der Waals surface area contributed by atoms with E-state index in [0.717, 1.165) is 24.5 Å². The Kier molecular flexibility index (Phi) is 4.86. The molecule has 0 bridgehead atoms. The molecular formula is C15H27N3O2. The quantitative estimate of drug-likeness (QED) is 0.842. The Morgan fingerprint density at radius 1 is 1.50 bits per heavy atom. The van der Waals surface area contributed by atoms with E-state index in [1.165, 1.54) is 0 Å². The van der Waals surface area contributed by atoms with Gasteiger partial charge in [0, 0.05) is 25.2 Å². The number of likely N-dealkylation sites (N-methyl/N-ethyl adjacent to an activating group) is 1. The van der Waals surface area contributed by atoms with E-state index < -0.39 is 0 Å². The Hall–Kier alpha value is -0.880. The van der Waals surface area contributed by atoms with Gasteiger partial charge in [0.1, 0.15) is 11.5 Å². The molecule has 0 radical (unpaired) electrons. The maximum Gasteiger partial charge on any atom is 0.122 e. The lowest BCUT2D eigenvalue weighted by molar-refractivity contribution is 0.109. The first kappa shape index (κ1) is 15.5. The van der Waals surface area contributed by atoms with Crippen molar-refractivity contribution in [2.24, 2.45) is 5.73 Å². The van der Waals surface area contributed by atoms with Gasteiger partial charge in [-0.2, -0.15) is 0 Å². The molecule has 2 heterocycles. The lowest BCUT2D eigenvalue weighted by atomic mass is 10.0. The summed E-state index contributed by atoms with van der Waals surface area (Å²) < 4.78 is 5.79. The second kappa shape index (κ2) is 6.26. The second-order valence-corrected chi connectivity index (χ2v) is 6.25. The summed E-state index contributed by atoms with van der Waals surface area (Å²) >= 11 is 0. The lowest BCUT2D eigenvalue weighted by Crippen LogP contribution is -2.45. The van der Waals surface area contributed by atoms with Gasteiger partial charge in [-0.1, -0.05) is 0 Å². The fraction of sp³-hybridized carbons (Fsp3) is 0.733. The summed E-state index contributed by atoms with van der Waals surface area (Å²) in [6.07, 6.45) is 0.512. The molecule has 0 aromatic carbocycles. The van der Waals surface area contributed by atoms with Gasteiger partial charge in [-0.25, -0.2) is 0 Å². The van der Waals surface area contributed by atoms with Gasteiger partial charge in [0.05, 0.1) is 12.1 Å². The summed E-state index contributed by atoms with van der Waals surface area (Å²) in [4.78, 5) is 4.45. The molecule has 5 heteroatoms. The van der Waals surface area contributed by atoms with Crippen LogP contribution in [0.2, 0.25) is 0 Å². The number of nitrogens with zero attached hydrogens (tertiary/aromatic N) is 2. The van der Waals surface area contributed by atoms with Gasteiger partial charge in [0.2, 0.25) is 0 Å². The SMILES string of the molecule is Cc1ccc(C(C(C)N)N2CC(O)CC2CN(C)C)o1. The highest BCUT2D eigenvalue weighted by molar-refractivity contribution is 5.13. The molecule has 0 aliphatic carbocycles. The van der Waals surface area contributed by atoms with Crippen molar-refractivity contribution in [1.82, 2.24) is 9.80 Å². The number of aliphatic hydroxyl groups excluding tert-OH is 1. The highest BCUT2D eigenvalue weighted by atomic mass is 16.3. The summed E-state index contributed by atoms with van der Waals surface area (Å²) in [6.45, 7) is 5.52. The molecule has 3 N–H and O–H groups in total. The molecule has 5 nitrogen and oxygen atoms in total. The first-order chi connectivity index (χ1) is 9.38. The molecule has 20 heavy (non-hydrogen) atoms. The minimum Gasteiger partial charge on any atom is -0.465 e. The van der Waals surface area contributed by atoms with E-state index in [1.807, 2.05) is 26.0 Å². The molecule has 1 saturated heterocycles. The lowest BCUT2D eigenvalue weighted by Gasteiger charge is -2.35. The van der Waals surface area contributed by atoms with Crippen LogP contribution in [0.3, 0.4) is 0 Å². The van der Waals surface area contributed by atoms with Crippen LogP contribution in [0.15, 0.2) is 16.5 Å². The third-order valence-electron chi connectivity index (χ3n) is 3.92. The summed E-state index contributed by atoms with van der Waals surface area (Å²) in [7, 11) is 4.11. The minimum absolute atomic E-state index is 0.0193. The molecule has 4 atom stereocenters. The van der Waals surface area contributed by atoms with Crippen LogP contribution in [0, 0.1) is 6.92 Å². The minimum atomic E-state index is -0.280. The number of furan rings is 1. The molecule has 1 aliphatic heterocycles. The average Bonchev–Trinajstić information content (AvgIpc) is 2.86. The van der Waals surface area contributed by atoms with Crippen LogP contribution in [0.1, 0.15) is 30.9 Å². The van der Waals surface area contributed by atoms with Crippen molar-refractivity contribution in [3.05, 3.63) is 23.7 Å². The number of likely N-dealkylation sites (tertiary alicyclic amines) is 1. The van der Waals surface area contributed by atoms with Gasteiger partial charge in [-0.05, 0) is 46.5 Å². The Labute approximate surface area is 121 Å². The molecule has 1 fully saturated rings. The number of rotatable bonds is 5. The van der Waals surface area contributed by atoms with E-state index in [-0.39, 0.29) is 18.2 Å². The van der Waals surface area contributed by atoms with Crippen molar-refractivity contribution in [2.45, 2.75) is 44.5 Å². The van der Waals surface area contributed by atoms with Gasteiger partial charge in [0.15, 0.2) is 0 Å². The summed E-state index contributed by atoms with van der Waals surface area (Å²) in [5.74, 6) is 1.80. The van der Waals surface area contributed by atoms with Gasteiger partial charge in [-0.3, -0.25) is 4.90 Å². The first-order valence-electron chi connectivity index (χ1n) is 7.29. The number of β-amino-alcohol motifs (C(OH)–C–C–N with tert-alkyl or cyclic N) is 1. The van der Waals surface area contributed by atoms with Gasteiger partial charge >= 0.3 is 0 Å². The van der Waals surface area contributed by atoms with Crippen molar-refractivity contribution in [3.8, 4) is 0 Å². The van der Waals surface area contributed by atoms with Crippen LogP contribution in [-0.2, 0) is 0 Å². The van der Waals surface area contributed by atoms with E-state index in [2.05, 4.69) is 23.9 Å². The van der Waals surface area contributed by atoms with Crippen molar-refractivity contribution in [3.63, 3.8) is 0 Å². The molecule has 1 aromatic rings. The molecule has 2 rings (SSSR count). The maximum atomic E-state index is 10.0. The predicted octanol–water partition coefficient (Wildman–Crippen LogP) is 0.973. The number of nitrogens with two attached hydrogens (primary N) is 1. The van der Waals surface area contributed by atoms with Crippen LogP contribution in [0.25, 0.3) is 0 Å².